The van der Waals surface area contributed by atoms with E-state index >= 15 is 0 Å². The van der Waals surface area contributed by atoms with E-state index in [1.807, 2.05) is 0 Å². The zero-order valence-corrected chi connectivity index (χ0v) is 21.2. The first-order valence-corrected chi connectivity index (χ1v) is 14.6. The molecule has 8 rings (SSSR count). The molecule has 0 amide bonds. The second kappa shape index (κ2) is 8.09. The molecule has 8 aliphatic carbocycles. The zero-order chi connectivity index (χ0) is 25.7. The highest BCUT2D eigenvalue weighted by Gasteiger charge is 2.61. The van der Waals surface area contributed by atoms with E-state index < -0.39 is 38.6 Å². The highest BCUT2D eigenvalue weighted by molar-refractivity contribution is 7.87. The highest BCUT2D eigenvalue weighted by atomic mass is 32.2. The molecule has 202 valence electrons. The van der Waals surface area contributed by atoms with Crippen molar-refractivity contribution >= 4 is 22.1 Å². The number of halogens is 2. The van der Waals surface area contributed by atoms with Gasteiger partial charge in [0.25, 0.3) is 0 Å². The zero-order valence-electron chi connectivity index (χ0n) is 20.4. The average Bonchev–Trinajstić information content (AvgIpc) is 2.77. The lowest BCUT2D eigenvalue weighted by atomic mass is 9.50. The van der Waals surface area contributed by atoms with Crippen LogP contribution in [0.4, 0.5) is 8.78 Å². The third kappa shape index (κ3) is 3.90. The summed E-state index contributed by atoms with van der Waals surface area (Å²) in [5, 5.41) is -5.01. The first-order chi connectivity index (χ1) is 16.8. The van der Waals surface area contributed by atoms with E-state index in [9.17, 15) is 26.8 Å². The molecular formula is C25H34F2O8S. The van der Waals surface area contributed by atoms with Crippen molar-refractivity contribution in [2.45, 2.75) is 93.7 Å². The Hall–Kier alpha value is -1.33. The van der Waals surface area contributed by atoms with Gasteiger partial charge < -0.3 is 14.2 Å². The van der Waals surface area contributed by atoms with Gasteiger partial charge in [-0.05, 0) is 113 Å². The van der Waals surface area contributed by atoms with Gasteiger partial charge in [-0.25, -0.2) is 9.59 Å². The molecule has 0 spiro atoms. The summed E-state index contributed by atoms with van der Waals surface area (Å²) in [6.45, 7) is 1.92. The molecule has 0 radical (unpaired) electrons. The topological polar surface area (TPSA) is 116 Å². The van der Waals surface area contributed by atoms with Crippen LogP contribution < -0.4 is 0 Å². The molecule has 0 aromatic rings. The molecule has 0 aromatic carbocycles. The van der Waals surface area contributed by atoms with Gasteiger partial charge in [-0.15, -0.1) is 0 Å². The van der Waals surface area contributed by atoms with Gasteiger partial charge in [0.15, 0.2) is 0 Å². The number of ether oxygens (including phenoxy) is 3. The lowest BCUT2D eigenvalue weighted by Crippen LogP contribution is -2.60. The van der Waals surface area contributed by atoms with Crippen molar-refractivity contribution in [3.8, 4) is 0 Å². The number of esters is 2. The SMILES string of the molecule is CC1(OC(=O)COC23CC4CC(C2)C(OC(=O)C(F)(F)S(=O)(=O)O)C(C4)C3)C2CC3CC(C2)CC1C3. The summed E-state index contributed by atoms with van der Waals surface area (Å²) < 4.78 is 75.4. The minimum Gasteiger partial charge on any atom is -0.457 e. The van der Waals surface area contributed by atoms with Crippen LogP contribution in [0, 0.1) is 41.4 Å². The second-order valence-corrected chi connectivity index (χ2v) is 14.2. The molecule has 0 aromatic heterocycles. The van der Waals surface area contributed by atoms with Crippen LogP contribution in [0.2, 0.25) is 0 Å². The van der Waals surface area contributed by atoms with Crippen molar-refractivity contribution in [1.82, 2.24) is 0 Å². The summed E-state index contributed by atoms with van der Waals surface area (Å²) in [5.74, 6) is -0.532. The number of rotatable bonds is 7. The molecular weight excluding hydrogens is 498 g/mol. The Balaban J connectivity index is 1.08. The Labute approximate surface area is 209 Å². The monoisotopic (exact) mass is 532 g/mol. The number of carbonyl (C=O) groups excluding carboxylic acids is 2. The molecule has 1 N–H and O–H groups in total. The molecule has 8 nitrogen and oxygen atoms in total. The molecule has 11 heteroatoms. The Morgan fingerprint density at radius 1 is 0.917 bits per heavy atom. The third-order valence-corrected chi connectivity index (χ3v) is 11.3. The summed E-state index contributed by atoms with van der Waals surface area (Å²) >= 11 is 0. The van der Waals surface area contributed by atoms with Crippen molar-refractivity contribution in [2.75, 3.05) is 6.61 Å². The predicted molar refractivity (Wildman–Crippen MR) is 120 cm³/mol. The Kier molecular flexibility index (Phi) is 5.61. The summed E-state index contributed by atoms with van der Waals surface area (Å²) in [7, 11) is -5.92. The number of alkyl halides is 2. The van der Waals surface area contributed by atoms with Gasteiger partial charge in [-0.3, -0.25) is 4.55 Å². The van der Waals surface area contributed by atoms with Crippen LogP contribution in [-0.4, -0.2) is 54.1 Å². The van der Waals surface area contributed by atoms with Crippen LogP contribution >= 0.6 is 0 Å². The van der Waals surface area contributed by atoms with Crippen LogP contribution in [0.5, 0.6) is 0 Å². The van der Waals surface area contributed by atoms with E-state index in [0.29, 0.717) is 37.5 Å². The maximum atomic E-state index is 13.8. The van der Waals surface area contributed by atoms with Crippen LogP contribution in [0.3, 0.4) is 0 Å². The van der Waals surface area contributed by atoms with Gasteiger partial charge in [0, 0.05) is 0 Å². The second-order valence-electron chi connectivity index (χ2n) is 12.8. The van der Waals surface area contributed by atoms with Crippen molar-refractivity contribution in [1.29, 1.82) is 0 Å². The van der Waals surface area contributed by atoms with Gasteiger partial charge in [0.1, 0.15) is 18.3 Å². The highest BCUT2D eigenvalue weighted by Crippen LogP contribution is 2.60. The fraction of sp³-hybridized carbons (Fsp3) is 0.920. The summed E-state index contributed by atoms with van der Waals surface area (Å²) in [4.78, 5) is 24.9. The smallest absolute Gasteiger partial charge is 0.457 e. The largest absolute Gasteiger partial charge is 0.465 e. The molecule has 8 fully saturated rings. The Morgan fingerprint density at radius 3 is 2.00 bits per heavy atom. The van der Waals surface area contributed by atoms with E-state index in [0.717, 1.165) is 43.9 Å². The molecule has 2 unspecified atom stereocenters. The minimum absolute atomic E-state index is 0.167. The van der Waals surface area contributed by atoms with E-state index in [1.54, 1.807) is 0 Å². The van der Waals surface area contributed by atoms with Crippen LogP contribution in [0.15, 0.2) is 0 Å². The van der Waals surface area contributed by atoms with Crippen LogP contribution in [0.25, 0.3) is 0 Å². The molecule has 36 heavy (non-hydrogen) atoms. The number of hydrogen-bond donors (Lipinski definition) is 1. The van der Waals surface area contributed by atoms with E-state index in [-0.39, 0.29) is 30.3 Å². The lowest BCUT2D eigenvalue weighted by Gasteiger charge is -2.59. The molecule has 0 heterocycles. The maximum absolute atomic E-state index is 13.8. The number of carbonyl (C=O) groups is 2. The average molecular weight is 533 g/mol. The van der Waals surface area contributed by atoms with Crippen molar-refractivity contribution < 1.29 is 45.6 Å². The first kappa shape index (κ1) is 25.0. The predicted octanol–water partition coefficient (Wildman–Crippen LogP) is 3.73. The van der Waals surface area contributed by atoms with E-state index in [2.05, 4.69) is 6.92 Å². The lowest BCUT2D eigenvalue weighted by molar-refractivity contribution is -0.231. The maximum Gasteiger partial charge on any atom is 0.465 e. The standard InChI is InChI=1S/C25H34F2O8S/c1-23(18-5-13-2-14(7-18)8-19(23)6-13)35-20(28)12-33-24-9-15-3-16(10-24)21(17(4-15)11-24)34-22(29)25(26,27)36(30,31)32/h13-19,21H,2-12H2,1H3,(H,30,31,32). The Bertz CT molecular complexity index is 1010. The van der Waals surface area contributed by atoms with Gasteiger partial charge in [0.05, 0.1) is 5.60 Å². The summed E-state index contributed by atoms with van der Waals surface area (Å²) in [6.07, 6.45) is 7.91. The molecule has 0 saturated heterocycles. The van der Waals surface area contributed by atoms with Crippen molar-refractivity contribution in [3.05, 3.63) is 0 Å². The van der Waals surface area contributed by atoms with E-state index in [4.69, 9.17) is 18.8 Å². The van der Waals surface area contributed by atoms with E-state index in [1.165, 1.54) is 6.42 Å². The molecule has 2 atom stereocenters. The van der Waals surface area contributed by atoms with Gasteiger partial charge >= 0.3 is 27.3 Å². The summed E-state index contributed by atoms with van der Waals surface area (Å²) in [5.41, 5.74) is -1.04. The molecule has 8 bridgehead atoms. The molecule has 0 aliphatic heterocycles. The van der Waals surface area contributed by atoms with Gasteiger partial charge in [-0.1, -0.05) is 0 Å². The Morgan fingerprint density at radius 2 is 1.47 bits per heavy atom. The van der Waals surface area contributed by atoms with Crippen molar-refractivity contribution in [2.24, 2.45) is 41.4 Å². The number of hydrogen-bond acceptors (Lipinski definition) is 7. The van der Waals surface area contributed by atoms with Gasteiger partial charge in [-0.2, -0.15) is 17.2 Å². The fourth-order valence-electron chi connectivity index (χ4n) is 9.34. The first-order valence-electron chi connectivity index (χ1n) is 13.2. The van der Waals surface area contributed by atoms with Gasteiger partial charge in [0.2, 0.25) is 0 Å². The fourth-order valence-corrected chi connectivity index (χ4v) is 9.60. The minimum atomic E-state index is -5.92. The quantitative estimate of drug-likeness (QED) is 0.390. The summed E-state index contributed by atoms with van der Waals surface area (Å²) in [6, 6.07) is 0. The normalized spacial score (nSPS) is 46.7. The molecule has 8 saturated carbocycles. The van der Waals surface area contributed by atoms with Crippen LogP contribution in [-0.2, 0) is 33.9 Å². The molecule has 8 aliphatic rings. The van der Waals surface area contributed by atoms with Crippen LogP contribution in [0.1, 0.15) is 71.1 Å². The van der Waals surface area contributed by atoms with Crippen molar-refractivity contribution in [3.63, 3.8) is 0 Å². The third-order valence-electron chi connectivity index (χ3n) is 10.5.